The summed E-state index contributed by atoms with van der Waals surface area (Å²) in [6.07, 6.45) is 0. The maximum Gasteiger partial charge on any atom is 0.0451 e. The van der Waals surface area contributed by atoms with Crippen LogP contribution in [0.15, 0.2) is 0 Å². The van der Waals surface area contributed by atoms with Crippen LogP contribution in [0.1, 0.15) is 0 Å². The van der Waals surface area contributed by atoms with E-state index in [2.05, 4.69) is 11.7 Å². The summed E-state index contributed by atoms with van der Waals surface area (Å²) in [5.41, 5.74) is 0. The van der Waals surface area contributed by atoms with E-state index in [1.54, 1.807) is 21.2 Å². The first-order valence-corrected chi connectivity index (χ1v) is 144. The van der Waals surface area contributed by atoms with Gasteiger partial charge in [-0.15, -0.1) is 0 Å². The van der Waals surface area contributed by atoms with Crippen LogP contribution >= 0.6 is 42.7 Å². The van der Waals surface area contributed by atoms with Crippen molar-refractivity contribution in [2.24, 2.45) is 0 Å². The Morgan fingerprint density at radius 2 is 0.188 bits per heavy atom. The van der Waals surface area contributed by atoms with Gasteiger partial charge in [-0.3, -0.25) is 0 Å². The predicted octanol–water partition coefficient (Wildman–Crippen LogP) is 1.69. The number of hydrogen-bond donors (Lipinski definition) is 1. The number of hydrogen-bond acceptors (Lipinski definition) is 64. The molecule has 0 amide bonds. The van der Waals surface area contributed by atoms with Crippen LogP contribution in [-0.4, -0.2) is 0 Å². The molecule has 0 radical (unpaired) electrons. The van der Waals surface area contributed by atoms with Crippen LogP contribution < -0.4 is 0 Å². The molecule has 96 heavy (non-hydrogen) atoms. The van der Waals surface area contributed by atoms with Crippen molar-refractivity contribution in [1.82, 2.24) is 0 Å². The first-order valence-electron chi connectivity index (χ1n) is 15.8. The third-order valence-electron chi connectivity index (χ3n) is 7.59. The molecule has 0 atom stereocenters. The Kier molecular flexibility index (Phi) is 48.7. The predicted molar refractivity (Wildman–Crippen MR) is 716 cm³/mol. The number of thiol groups is 1. The van der Waals surface area contributed by atoms with E-state index >= 15 is 0 Å². The zero-order valence-corrected chi connectivity index (χ0v) is 119. The van der Waals surface area contributed by atoms with Gasteiger partial charge >= 0.3 is 0 Å². The van der Waals surface area contributed by atoms with Gasteiger partial charge in [0.1, 0.15) is 0 Å². The molecule has 0 fully saturated rings. The first-order chi connectivity index (χ1) is 40.1. The molecule has 0 bridgehead atoms. The molecular formula is HIS95. The van der Waals surface area contributed by atoms with Crippen molar-refractivity contribution in [2.45, 2.75) is 0 Å². The Labute approximate surface area is 868 Å². The minimum atomic E-state index is -4.19. The highest BCUT2D eigenvalue weighted by Gasteiger charge is 2.50. The minimum absolute atomic E-state index is 0.710. The van der Waals surface area contributed by atoms with Crippen molar-refractivity contribution in [3.05, 3.63) is 0 Å². The van der Waals surface area contributed by atoms with E-state index in [4.69, 9.17) is 694 Å². The lowest BCUT2D eigenvalue weighted by molar-refractivity contribution is 4.96. The highest BCUT2D eigenvalue weighted by atomic mass is 127. The van der Waals surface area contributed by atoms with Gasteiger partial charge < -0.3 is 0 Å². The maximum absolute atomic E-state index is 6.22. The van der Waals surface area contributed by atoms with Gasteiger partial charge in [0.25, 0.3) is 0 Å². The summed E-state index contributed by atoms with van der Waals surface area (Å²) in [7, 11) is 0.710. The summed E-state index contributed by atoms with van der Waals surface area (Å²) in [6.45, 7) is 0. The summed E-state index contributed by atoms with van der Waals surface area (Å²) in [5.74, 6) is 0. The Hall–Kier alpha value is 25.9. The zero-order chi connectivity index (χ0) is 80.2. The minimum Gasteiger partial charge on any atom is -0.0983 e. The molecular weight excluding hydrogens is 3170 g/mol. The van der Waals surface area contributed by atoms with Crippen molar-refractivity contribution >= 4 is 896 Å². The lowest BCUT2D eigenvalue weighted by atomic mass is 29.7. The lowest BCUT2D eigenvalue weighted by Crippen LogP contribution is -2.41. The highest BCUT2D eigenvalue weighted by Crippen LogP contribution is 2.47. The van der Waals surface area contributed by atoms with Crippen molar-refractivity contribution in [1.29, 1.82) is 0 Å². The average molecular weight is 3170 g/mol. The fraction of sp³-hybridized carbons (Fsp3) is 0. The summed E-state index contributed by atoms with van der Waals surface area (Å²) in [6, 6.07) is 0. The molecule has 578 valence electrons. The van der Waals surface area contributed by atoms with Gasteiger partial charge in [0, 0.05) is 181 Å². The van der Waals surface area contributed by atoms with Crippen LogP contribution in [0.2, 0.25) is 0 Å². The summed E-state index contributed by atoms with van der Waals surface area (Å²) in [4.78, 5) is 0. The second-order valence-electron chi connectivity index (χ2n) is 12.7. The van der Waals surface area contributed by atoms with E-state index in [0.717, 1.165) is 0 Å². The van der Waals surface area contributed by atoms with E-state index in [9.17, 15) is 0 Å². The molecule has 0 nitrogen and oxygen atoms in total. The molecule has 0 aliphatic heterocycles. The van der Waals surface area contributed by atoms with Crippen LogP contribution in [0.25, 0.3) is 0 Å². The summed E-state index contributed by atoms with van der Waals surface area (Å²) < 4.78 is -2.77. The Balaban J connectivity index is 8.82. The molecule has 0 aromatic carbocycles. The van der Waals surface area contributed by atoms with Gasteiger partial charge in [-0.25, -0.2) is 0 Å². The molecule has 0 aliphatic rings. The van der Waals surface area contributed by atoms with Crippen LogP contribution in [0.5, 0.6) is 0 Å². The standard InChI is InChI=1S/HIS95/c1-66(3,4)68(7,8)70(11,12)72(15,16)74(19,20)76(23,24)78(27,28)80(31,32)82(35,36)84(39,40)86(43,44)88(47,48)90(51,52)92(55,56)94(59,60)96(63,64)95(61,62)93(57,58)91(53,54)89(49,50)87(45,46)85(41,42)83(37,38)81(33,34)79(29,30)77(25,26)75(21,22)73(17,18)71(13,14)69(9,10)67(5,6)65-2/h2H. The van der Waals surface area contributed by atoms with E-state index in [1.165, 1.54) is 0 Å². The van der Waals surface area contributed by atoms with Crippen LogP contribution in [0.4, 0.5) is 0 Å². The Morgan fingerprint density at radius 1 is 0.125 bits per heavy atom. The SMILES string of the molecule is S=S(=S)(I)S(=S)(=S)S(=S)(=S)S(=S)(=S)S(=S)(=S)S(=S)(=S)S(=S)(=S)S(=S)(=S)S(=S)(=S)S(=S)(=S)S(=S)(=S)S(=S)(=S)S(=S)(=S)S(=S)(=S)S(=S)(=S)S(=S)(=S)S(=S)(=S)S(=S)(=S)S(=S)(=S)S(=S)(=S)S(=S)(=S)S(=S)(=S)S(=S)(=S)S(=S)(=S)S(=S)(=S)S(=S)(=S)S(=S)(=S)S(=S)(=S)S(=S)(=S)S(=S)(=S)S(=S)(=S)SS. The third-order valence-corrected chi connectivity index (χ3v) is 622. The second-order valence-corrected chi connectivity index (χ2v) is 350. The zero-order valence-electron chi connectivity index (χ0n) is 39.2. The van der Waals surface area contributed by atoms with Crippen LogP contribution in [-0.2, 0) is 853 Å². The average Bonchev–Trinajstić information content (AvgIpc) is 3.36. The molecule has 0 aromatic heterocycles. The van der Waals surface area contributed by atoms with E-state index < -0.39 is 160 Å². The van der Waals surface area contributed by atoms with Gasteiger partial charge in [0.05, 0.1) is 0 Å². The van der Waals surface area contributed by atoms with Crippen molar-refractivity contribution in [3.63, 3.8) is 0 Å². The molecule has 96 heteroatoms. The lowest BCUT2D eigenvalue weighted by Gasteiger charge is -2.37. The van der Waals surface area contributed by atoms with Gasteiger partial charge in [-0.2, -0.15) is 0 Å². The fourth-order valence-electron chi connectivity index (χ4n) is 2.99. The molecule has 0 rings (SSSR count). The second kappa shape index (κ2) is 38.4. The van der Waals surface area contributed by atoms with Crippen LogP contribution in [0.3, 0.4) is 0 Å². The van der Waals surface area contributed by atoms with Gasteiger partial charge in [0.2, 0.25) is 0 Å². The first kappa shape index (κ1) is 122. The monoisotopic (exact) mass is 3170 g/mol. The molecule has 0 spiro atoms. The Morgan fingerprint density at radius 3 is 0.250 bits per heavy atom. The van der Waals surface area contributed by atoms with Crippen molar-refractivity contribution < 1.29 is 0 Å². The van der Waals surface area contributed by atoms with Crippen LogP contribution in [0, 0.1) is 0 Å². The largest absolute Gasteiger partial charge is 0.0983 e. The van der Waals surface area contributed by atoms with Crippen molar-refractivity contribution in [3.8, 4) is 0 Å². The maximum atomic E-state index is 6.22. The number of halogens is 1. The molecule has 0 heterocycles. The molecule has 0 aliphatic carbocycles. The van der Waals surface area contributed by atoms with Gasteiger partial charge in [-0.05, 0) is 703 Å². The normalized spacial score (nSPS) is 17.0. The fourth-order valence-corrected chi connectivity index (χ4v) is 737. The van der Waals surface area contributed by atoms with E-state index in [0.29, 0.717) is 9.83 Å². The molecule has 0 saturated heterocycles. The van der Waals surface area contributed by atoms with Crippen molar-refractivity contribution in [2.75, 3.05) is 0 Å². The molecule has 0 N–H and O–H groups in total. The number of rotatable bonds is 31. The topological polar surface area (TPSA) is 0 Å². The Bertz CT molecular complexity index is 7460. The third kappa shape index (κ3) is 19.0. The van der Waals surface area contributed by atoms with Gasteiger partial charge in [-0.1, -0.05) is 11.7 Å². The molecule has 0 saturated carbocycles. The van der Waals surface area contributed by atoms with Gasteiger partial charge in [0.15, 0.2) is 0 Å². The summed E-state index contributed by atoms with van der Waals surface area (Å²) in [5, 5.41) is -118. The summed E-state index contributed by atoms with van der Waals surface area (Å²) >= 11 is 383. The van der Waals surface area contributed by atoms with E-state index in [-0.39, 0.29) is 0 Å². The molecule has 0 aromatic rings. The van der Waals surface area contributed by atoms with E-state index in [1.807, 2.05) is 0 Å². The highest BCUT2D eigenvalue weighted by molar-refractivity contribution is 14.2. The quantitative estimate of drug-likeness (QED) is 0.0464. The molecule has 0 unspecified atom stereocenters. The smallest absolute Gasteiger partial charge is 0.0451 e.